The summed E-state index contributed by atoms with van der Waals surface area (Å²) in [4.78, 5) is 47.6. The zero-order valence-corrected chi connectivity index (χ0v) is 25.0. The summed E-state index contributed by atoms with van der Waals surface area (Å²) in [6.07, 6.45) is -10.3. The van der Waals surface area contributed by atoms with E-state index in [-0.39, 0.29) is 34.1 Å². The Morgan fingerprint density at radius 2 is 1.56 bits per heavy atom. The third-order valence-corrected chi connectivity index (χ3v) is 9.84. The molecule has 0 aliphatic carbocycles. The van der Waals surface area contributed by atoms with Crippen molar-refractivity contribution in [3.8, 4) is 0 Å². The first-order chi connectivity index (χ1) is 21.3. The van der Waals surface area contributed by atoms with Crippen molar-refractivity contribution in [1.29, 1.82) is 0 Å². The van der Waals surface area contributed by atoms with Crippen molar-refractivity contribution in [2.45, 2.75) is 49.2 Å². The molecule has 19 nitrogen and oxygen atoms in total. The second-order valence-corrected chi connectivity index (χ2v) is 14.3. The number of nitrogens with two attached hydrogens (primary N) is 2. The largest absolute Gasteiger partial charge is 0.780 e. The molecule has 7 rings (SSSR count). The van der Waals surface area contributed by atoms with Gasteiger partial charge in [-0.25, -0.2) is 28.7 Å². The minimum Gasteiger partial charge on any atom is -0.780 e. The standard InChI is InChI=1S/C20H21BF2N10O9P2S/c21-43(35)37-1-6-13(9(23)18(39-6)32-4-28-10-14(24)26-3-27-15(10)32)42-44(36,45)38-2-7-12(41-43)8(22)19(40-7)33-5-29-11-16(33)30-20(25)31-17(11)34/h3-9,12-13,18-19H,1-2H2,(H,36,45)(H2,24,26,27)(H3,25,30,31,34)/p-1/t6-,7-,8+,9+,12?,13?,18-,19-,43-,44?/m1/s1. The van der Waals surface area contributed by atoms with Crippen molar-refractivity contribution in [2.24, 2.45) is 0 Å². The lowest BCUT2D eigenvalue weighted by atomic mass is 10.1. The summed E-state index contributed by atoms with van der Waals surface area (Å²) in [6.45, 7) is -6.06. The number of hydrogen-bond acceptors (Lipinski definition) is 17. The molecule has 0 aromatic carbocycles. The molecule has 10 atom stereocenters. The first-order valence-corrected chi connectivity index (χ1v) is 17.1. The van der Waals surface area contributed by atoms with E-state index in [4.69, 9.17) is 58.4 Å². The molecular formula is C20H20BF2N10O9P2S-. The zero-order chi connectivity index (χ0) is 31.8. The van der Waals surface area contributed by atoms with Crippen LogP contribution in [0.3, 0.4) is 0 Å². The van der Waals surface area contributed by atoms with Gasteiger partial charge in [-0.3, -0.25) is 23.5 Å². The van der Waals surface area contributed by atoms with Crippen molar-refractivity contribution in [3.63, 3.8) is 0 Å². The van der Waals surface area contributed by atoms with Crippen LogP contribution in [0.15, 0.2) is 23.8 Å². The molecule has 3 saturated heterocycles. The third kappa shape index (κ3) is 5.45. The van der Waals surface area contributed by atoms with Crippen LogP contribution in [0.25, 0.3) is 22.3 Å². The van der Waals surface area contributed by atoms with Gasteiger partial charge in [-0.05, 0) is 0 Å². The molecule has 4 aromatic rings. The molecule has 238 valence electrons. The van der Waals surface area contributed by atoms with Crippen LogP contribution in [-0.2, 0) is 43.9 Å². The second-order valence-electron chi connectivity index (χ2n) is 10.1. The van der Waals surface area contributed by atoms with E-state index in [1.165, 1.54) is 10.9 Å². The van der Waals surface area contributed by atoms with Gasteiger partial charge in [0, 0.05) is 0 Å². The Kier molecular flexibility index (Phi) is 7.55. The van der Waals surface area contributed by atoms with Gasteiger partial charge in [0.25, 0.3) is 13.0 Å². The number of aromatic amines is 1. The minimum atomic E-state index is -4.64. The molecule has 3 aliphatic heterocycles. The third-order valence-electron chi connectivity index (χ3n) is 7.25. The molecule has 25 heteroatoms. The summed E-state index contributed by atoms with van der Waals surface area (Å²) < 4.78 is 80.3. The molecule has 3 unspecified atom stereocenters. The molecule has 3 fully saturated rings. The van der Waals surface area contributed by atoms with E-state index in [0.717, 1.165) is 17.2 Å². The summed E-state index contributed by atoms with van der Waals surface area (Å²) in [7, 11) is 1.16. The van der Waals surface area contributed by atoms with Gasteiger partial charge >= 0.3 is 0 Å². The van der Waals surface area contributed by atoms with Crippen molar-refractivity contribution >= 4 is 67.7 Å². The van der Waals surface area contributed by atoms with Crippen LogP contribution < -0.4 is 21.9 Å². The van der Waals surface area contributed by atoms with Gasteiger partial charge < -0.3 is 43.9 Å². The number of anilines is 2. The van der Waals surface area contributed by atoms with Crippen LogP contribution in [-0.4, -0.2) is 96.6 Å². The first kappa shape index (κ1) is 30.7. The number of aromatic nitrogens is 8. The van der Waals surface area contributed by atoms with Gasteiger partial charge in [-0.1, -0.05) is 11.8 Å². The molecule has 2 radical (unpaired) electrons. The van der Waals surface area contributed by atoms with E-state index in [1.54, 1.807) is 0 Å². The van der Waals surface area contributed by atoms with Gasteiger partial charge in [0.2, 0.25) is 13.5 Å². The number of halogens is 2. The van der Waals surface area contributed by atoms with E-state index in [1.807, 2.05) is 0 Å². The summed E-state index contributed by atoms with van der Waals surface area (Å²) in [5.74, 6) is -0.253. The van der Waals surface area contributed by atoms with Gasteiger partial charge in [0.15, 0.2) is 47.4 Å². The number of nitrogen functional groups attached to an aromatic ring is 2. The summed E-state index contributed by atoms with van der Waals surface area (Å²) in [5, 5.41) is 0. The van der Waals surface area contributed by atoms with E-state index in [9.17, 15) is 14.3 Å². The lowest BCUT2D eigenvalue weighted by molar-refractivity contribution is -0.217. The number of ether oxygens (including phenoxy) is 2. The van der Waals surface area contributed by atoms with Crippen molar-refractivity contribution in [3.05, 3.63) is 29.3 Å². The number of fused-ring (bicyclic) bond motifs is 4. The number of rotatable bonds is 2. The first-order valence-electron chi connectivity index (χ1n) is 12.9. The highest BCUT2D eigenvalue weighted by molar-refractivity contribution is 8.06. The van der Waals surface area contributed by atoms with E-state index in [2.05, 4.69) is 29.9 Å². The highest BCUT2D eigenvalue weighted by Crippen LogP contribution is 2.53. The van der Waals surface area contributed by atoms with E-state index < -0.39 is 82.2 Å². The number of H-pyrrole nitrogens is 1. The van der Waals surface area contributed by atoms with Crippen LogP contribution in [0, 0.1) is 0 Å². The molecule has 4 aromatic heterocycles. The number of nitrogens with one attached hydrogen (secondary N) is 1. The van der Waals surface area contributed by atoms with Crippen LogP contribution >= 0.6 is 14.2 Å². The zero-order valence-electron chi connectivity index (χ0n) is 22.4. The maximum absolute atomic E-state index is 16.0. The Morgan fingerprint density at radius 3 is 2.24 bits per heavy atom. The lowest BCUT2D eigenvalue weighted by Gasteiger charge is -2.35. The Balaban J connectivity index is 1.17. The SMILES string of the molecule is [B][P@@]1(=O)OC[C@H]2O[C@@H](n3cnc4c(N)ncnc43)[C@@H](F)C2OP([O-])(=S)OC[C@H]2O[C@@H](n3cnc4c(=O)[nH]c(N)nc43)[C@@H](F)C2O1. The van der Waals surface area contributed by atoms with Gasteiger partial charge in [-0.15, -0.1) is 0 Å². The van der Waals surface area contributed by atoms with Crippen LogP contribution in [0.4, 0.5) is 20.5 Å². The molecule has 45 heavy (non-hydrogen) atoms. The lowest BCUT2D eigenvalue weighted by Crippen LogP contribution is -2.38. The highest BCUT2D eigenvalue weighted by Gasteiger charge is 2.53. The maximum atomic E-state index is 16.0. The number of nitrogens with zero attached hydrogens (tertiary/aromatic N) is 7. The molecule has 3 aliphatic rings. The van der Waals surface area contributed by atoms with E-state index >= 15 is 8.78 Å². The topological polar surface area (TPSA) is 255 Å². The predicted octanol–water partition coefficient (Wildman–Crippen LogP) is -0.726. The van der Waals surface area contributed by atoms with Crippen molar-refractivity contribution in [1.82, 2.24) is 39.0 Å². The number of imidazole rings is 2. The van der Waals surface area contributed by atoms with Gasteiger partial charge in [0.1, 0.15) is 43.0 Å². The summed E-state index contributed by atoms with van der Waals surface area (Å²) in [5.41, 5.74) is 10.7. The molecule has 0 amide bonds. The van der Waals surface area contributed by atoms with Crippen LogP contribution in [0.2, 0.25) is 0 Å². The van der Waals surface area contributed by atoms with Crippen LogP contribution in [0.1, 0.15) is 12.5 Å². The molecule has 7 heterocycles. The fourth-order valence-corrected chi connectivity index (χ4v) is 7.69. The van der Waals surface area contributed by atoms with E-state index in [0.29, 0.717) is 0 Å². The fourth-order valence-electron chi connectivity index (χ4n) is 5.26. The van der Waals surface area contributed by atoms with Gasteiger partial charge in [-0.2, -0.15) is 4.98 Å². The fraction of sp³-hybridized carbons (Fsp3) is 0.500. The number of hydrogen-bond donors (Lipinski definition) is 3. The quantitative estimate of drug-likeness (QED) is 0.173. The molecular weight excluding hydrogens is 667 g/mol. The normalized spacial score (nSPS) is 37.7. The monoisotopic (exact) mass is 687 g/mol. The molecule has 0 spiro atoms. The minimum absolute atomic E-state index is 0.0272. The average molecular weight is 687 g/mol. The Hall–Kier alpha value is -2.98. The molecule has 0 saturated carbocycles. The van der Waals surface area contributed by atoms with Crippen molar-refractivity contribution < 1.29 is 45.8 Å². The van der Waals surface area contributed by atoms with Crippen molar-refractivity contribution in [2.75, 3.05) is 24.7 Å². The maximum Gasteiger partial charge on any atom is 0.280 e. The molecule has 0 bridgehead atoms. The smallest absolute Gasteiger partial charge is 0.280 e. The Labute approximate surface area is 255 Å². The van der Waals surface area contributed by atoms with Crippen LogP contribution in [0.5, 0.6) is 0 Å². The second kappa shape index (κ2) is 11.1. The highest BCUT2D eigenvalue weighted by atomic mass is 32.5. The Morgan fingerprint density at radius 1 is 0.956 bits per heavy atom. The summed E-state index contributed by atoms with van der Waals surface area (Å²) in [6, 6.07) is 0. The number of alkyl halides is 2. The average Bonchev–Trinajstić information content (AvgIpc) is 3.72. The van der Waals surface area contributed by atoms with Gasteiger partial charge in [0.05, 0.1) is 25.9 Å². The molecule has 5 N–H and O–H groups in total. The predicted molar refractivity (Wildman–Crippen MR) is 149 cm³/mol. The summed E-state index contributed by atoms with van der Waals surface area (Å²) >= 11 is 5.01. The Bertz CT molecular complexity index is 1950.